The fraction of sp³-hybridized carbons (Fsp3) is 0.412. The maximum Gasteiger partial charge on any atom is 0.226 e. The molecule has 2 N–H and O–H groups in total. The predicted octanol–water partition coefficient (Wildman–Crippen LogP) is 7.40. The lowest BCUT2D eigenvalue weighted by molar-refractivity contribution is -0.148. The number of nitrogens with zero attached hydrogens (tertiary/aromatic N) is 6. The third kappa shape index (κ3) is 10.3. The van der Waals surface area contributed by atoms with Crippen LogP contribution in [0.15, 0.2) is 91.3 Å². The van der Waals surface area contributed by atoms with Crippen LogP contribution in [0.25, 0.3) is 11.3 Å². The van der Waals surface area contributed by atoms with Gasteiger partial charge in [-0.25, -0.2) is 4.98 Å². The van der Waals surface area contributed by atoms with Gasteiger partial charge in [-0.1, -0.05) is 47.5 Å². The van der Waals surface area contributed by atoms with Crippen LogP contribution in [0, 0.1) is 11.8 Å². The van der Waals surface area contributed by atoms with Crippen LogP contribution in [-0.2, 0) is 52.2 Å². The number of aliphatic hydroxyl groups is 1. The molecule has 8 rings (SSSR count). The first-order valence-electron chi connectivity index (χ1n) is 22.6. The normalized spacial score (nSPS) is 22.9. The Bertz CT molecular complexity index is 2580. The van der Waals surface area contributed by atoms with E-state index in [9.17, 15) is 14.7 Å². The van der Waals surface area contributed by atoms with Crippen LogP contribution in [0.4, 0.5) is 0 Å². The van der Waals surface area contributed by atoms with Gasteiger partial charge in [0.05, 0.1) is 55.0 Å². The van der Waals surface area contributed by atoms with E-state index in [2.05, 4.69) is 24.8 Å². The number of pyridine rings is 1. The van der Waals surface area contributed by atoms with Crippen molar-refractivity contribution in [2.75, 3.05) is 33.8 Å². The number of hydrogen-bond acceptors (Lipinski definition) is 9. The van der Waals surface area contributed by atoms with E-state index in [0.29, 0.717) is 72.3 Å². The molecule has 5 atom stereocenters. The Morgan fingerprint density at radius 3 is 2.44 bits per heavy atom. The van der Waals surface area contributed by atoms with Gasteiger partial charge in [-0.2, -0.15) is 0 Å². The number of nitrogens with one attached hydrogen (secondary N) is 1. The molecule has 66 heavy (non-hydrogen) atoms. The van der Waals surface area contributed by atoms with Gasteiger partial charge in [-0.3, -0.25) is 24.2 Å². The third-order valence-corrected chi connectivity index (χ3v) is 14.0. The van der Waals surface area contributed by atoms with Crippen molar-refractivity contribution in [2.45, 2.75) is 82.5 Å². The zero-order chi connectivity index (χ0) is 46.7. The molecule has 0 spiro atoms. The Hall–Kier alpha value is -5.60. The molecule has 2 aliphatic heterocycles. The second kappa shape index (κ2) is 20.1. The van der Waals surface area contributed by atoms with Crippen molar-refractivity contribution in [3.05, 3.63) is 130 Å². The lowest BCUT2D eigenvalue weighted by atomic mass is 9.79. The van der Waals surface area contributed by atoms with Crippen molar-refractivity contribution >= 4 is 46.7 Å². The lowest BCUT2D eigenvalue weighted by Crippen LogP contribution is -2.63. The highest BCUT2D eigenvalue weighted by Crippen LogP contribution is 2.42. The Balaban J connectivity index is 1.13. The highest BCUT2D eigenvalue weighted by atomic mass is 35.5. The minimum absolute atomic E-state index is 0.0619. The van der Waals surface area contributed by atoms with Gasteiger partial charge in [0, 0.05) is 66.0 Å². The minimum atomic E-state index is -1.09. The molecule has 1 aliphatic carbocycles. The van der Waals surface area contributed by atoms with Crippen LogP contribution < -0.4 is 10.1 Å². The number of benzene rings is 3. The molecule has 2 bridgehead atoms. The van der Waals surface area contributed by atoms with Gasteiger partial charge in [-0.15, -0.1) is 0 Å². The second-order valence-corrected chi connectivity index (χ2v) is 19.3. The first-order chi connectivity index (χ1) is 31.7. The maximum absolute atomic E-state index is 15.2. The fourth-order valence-corrected chi connectivity index (χ4v) is 10.2. The zero-order valence-corrected chi connectivity index (χ0v) is 39.4. The first-order valence-corrected chi connectivity index (χ1v) is 23.4. The quantitative estimate of drug-likeness (QED) is 0.138. The topological polar surface area (TPSA) is 150 Å². The van der Waals surface area contributed by atoms with E-state index >= 15 is 9.59 Å². The molecule has 13 nitrogen and oxygen atoms in total. The monoisotopic (exact) mass is 933 g/mol. The number of amides is 3. The smallest absolute Gasteiger partial charge is 0.226 e. The Morgan fingerprint density at radius 1 is 0.939 bits per heavy atom. The number of aromatic nitrogens is 3. The summed E-state index contributed by atoms with van der Waals surface area (Å²) < 4.78 is 8.55. The summed E-state index contributed by atoms with van der Waals surface area (Å²) in [5.41, 5.74) is 4.35. The highest BCUT2D eigenvalue weighted by molar-refractivity contribution is 6.31. The molecule has 2 saturated heterocycles. The second-order valence-electron chi connectivity index (χ2n) is 18.4. The van der Waals surface area contributed by atoms with Gasteiger partial charge >= 0.3 is 0 Å². The molecule has 346 valence electrons. The molecule has 0 saturated carbocycles. The highest BCUT2D eigenvalue weighted by Gasteiger charge is 2.45. The minimum Gasteiger partial charge on any atom is -0.457 e. The predicted molar refractivity (Wildman–Crippen MR) is 253 cm³/mol. The number of aliphatic hydroxyl groups excluding tert-OH is 1. The molecule has 15 heteroatoms. The summed E-state index contributed by atoms with van der Waals surface area (Å²) in [6, 6.07) is 23.0. The zero-order valence-electron chi connectivity index (χ0n) is 37.9. The van der Waals surface area contributed by atoms with Crippen molar-refractivity contribution in [2.24, 2.45) is 18.9 Å². The van der Waals surface area contributed by atoms with Crippen molar-refractivity contribution in [3.8, 4) is 22.8 Å². The van der Waals surface area contributed by atoms with Crippen molar-refractivity contribution in [1.82, 2.24) is 34.6 Å². The Kier molecular flexibility index (Phi) is 14.3. The summed E-state index contributed by atoms with van der Waals surface area (Å²) >= 11 is 12.8. The molecular formula is C51H57Cl2N7O6. The molecule has 4 heterocycles. The number of ether oxygens (including phenoxy) is 1. The van der Waals surface area contributed by atoms with Gasteiger partial charge in [0.1, 0.15) is 17.3 Å². The summed E-state index contributed by atoms with van der Waals surface area (Å²) in [7, 11) is 5.99. The first kappa shape index (κ1) is 46.9. The lowest BCUT2D eigenvalue weighted by Gasteiger charge is -2.46. The van der Waals surface area contributed by atoms with Crippen molar-refractivity contribution in [3.63, 3.8) is 0 Å². The molecule has 5 aromatic rings. The molecule has 0 unspecified atom stereocenters. The fourth-order valence-electron chi connectivity index (χ4n) is 9.94. The van der Waals surface area contributed by atoms with E-state index in [1.54, 1.807) is 48.4 Å². The van der Waals surface area contributed by atoms with Gasteiger partial charge in [-0.05, 0) is 125 Å². The van der Waals surface area contributed by atoms with E-state index in [1.807, 2.05) is 75.9 Å². The molecule has 0 radical (unpaired) electrons. The number of piperidine rings is 1. The van der Waals surface area contributed by atoms with E-state index in [4.69, 9.17) is 27.9 Å². The molecule has 3 amide bonds. The standard InChI is InChI=1S/C51H57Cl2N7O6/c1-32-45(62)23-36(30-61)49(64)56-51(26-33-8-13-37(52)14-9-33)20-6-22-59(31-51)50(65)42(40-18-19-43-41(40)7-5-21-54-43)25-48(63)60(32)28-35-10-15-38(53)24-46(35)66-39-16-11-34(12-17-39)44-27-55-47(58(44)4)29-57(2)3/h5,7-17,21,24,27,32,36,40,42,61H,6,18-20,22-23,25-26,28-31H2,1-4H3,(H,56,64)/t32-,36-,40-,42-,51+/m0/s1. The Labute approximate surface area is 396 Å². The molecular weight excluding hydrogens is 878 g/mol. The van der Waals surface area contributed by atoms with E-state index in [-0.39, 0.29) is 37.8 Å². The summed E-state index contributed by atoms with van der Waals surface area (Å²) in [5, 5.41) is 14.9. The molecule has 3 aromatic carbocycles. The summed E-state index contributed by atoms with van der Waals surface area (Å²) in [6.45, 7) is 2.33. The summed E-state index contributed by atoms with van der Waals surface area (Å²) in [5.74, 6) is -1.79. The van der Waals surface area contributed by atoms with Gasteiger partial charge < -0.3 is 34.4 Å². The van der Waals surface area contributed by atoms with Gasteiger partial charge in [0.15, 0.2) is 5.78 Å². The number of aryl methyl sites for hydroxylation is 1. The average Bonchev–Trinajstić information content (AvgIpc) is 3.89. The molecule has 2 aromatic heterocycles. The molecule has 3 aliphatic rings. The SMILES string of the molecule is C[C@H]1C(=O)C[C@@H](CO)C(=O)N[C@@]2(Cc3ccc(Cl)cc3)CCCN(C2)C(=O)[C@H]([C@H]2CCc3ncccc32)CC(=O)N1Cc1ccc(Cl)cc1Oc1ccc(-c2cnc(CN(C)C)n2C)cc1. The summed E-state index contributed by atoms with van der Waals surface area (Å²) in [6.07, 6.45) is 5.99. The van der Waals surface area contributed by atoms with Crippen LogP contribution in [0.2, 0.25) is 10.0 Å². The van der Waals surface area contributed by atoms with Crippen molar-refractivity contribution < 1.29 is 29.0 Å². The number of halogens is 2. The number of rotatable bonds is 11. The van der Waals surface area contributed by atoms with Crippen molar-refractivity contribution in [1.29, 1.82) is 0 Å². The van der Waals surface area contributed by atoms with E-state index in [1.165, 1.54) is 4.90 Å². The number of carbonyl (C=O) groups excluding carboxylic acids is 4. The van der Waals surface area contributed by atoms with Crippen LogP contribution >= 0.6 is 23.2 Å². The third-order valence-electron chi connectivity index (χ3n) is 13.5. The average molecular weight is 935 g/mol. The number of imidazole rings is 1. The van der Waals surface area contributed by atoms with Crippen LogP contribution in [0.3, 0.4) is 0 Å². The van der Waals surface area contributed by atoms with Gasteiger partial charge in [0.2, 0.25) is 17.7 Å². The number of Topliss-reactive ketones (excluding diaryl/α,β-unsaturated/α-hetero) is 1. The number of ketones is 1. The number of carbonyl (C=O) groups is 4. The van der Waals surface area contributed by atoms with Crippen LogP contribution in [0.1, 0.15) is 73.2 Å². The number of fused-ring (bicyclic) bond motifs is 3. The van der Waals surface area contributed by atoms with E-state index in [0.717, 1.165) is 33.9 Å². The maximum atomic E-state index is 15.2. The Morgan fingerprint density at radius 2 is 1.70 bits per heavy atom. The molecule has 2 fully saturated rings. The van der Waals surface area contributed by atoms with Crippen LogP contribution in [-0.4, -0.2) is 103 Å². The van der Waals surface area contributed by atoms with Crippen LogP contribution in [0.5, 0.6) is 11.5 Å². The largest absolute Gasteiger partial charge is 0.457 e. The van der Waals surface area contributed by atoms with Gasteiger partial charge in [0.25, 0.3) is 0 Å². The number of hydrogen-bond donors (Lipinski definition) is 2. The summed E-state index contributed by atoms with van der Waals surface area (Å²) in [4.78, 5) is 73.7. The van der Waals surface area contributed by atoms with E-state index < -0.39 is 47.6 Å².